The van der Waals surface area contributed by atoms with Crippen LogP contribution in [-0.2, 0) is 15.4 Å². The van der Waals surface area contributed by atoms with Crippen molar-refractivity contribution in [1.29, 1.82) is 0 Å². The lowest BCUT2D eigenvalue weighted by atomic mass is 9.69. The Morgan fingerprint density at radius 3 is 2.36 bits per heavy atom. The van der Waals surface area contributed by atoms with Crippen molar-refractivity contribution >= 4 is 5.69 Å². The first-order chi connectivity index (χ1) is 17.4. The Morgan fingerprint density at radius 1 is 1.00 bits per heavy atom. The Labute approximate surface area is 210 Å². The van der Waals surface area contributed by atoms with Gasteiger partial charge in [0.05, 0.1) is 11.9 Å². The summed E-state index contributed by atoms with van der Waals surface area (Å²) in [5, 5.41) is 9.96. The van der Waals surface area contributed by atoms with E-state index in [-0.39, 0.29) is 29.9 Å². The number of fused-ring (bicyclic) bond motifs is 1. The van der Waals surface area contributed by atoms with Gasteiger partial charge in [-0.3, -0.25) is 4.98 Å². The van der Waals surface area contributed by atoms with Crippen molar-refractivity contribution in [2.24, 2.45) is 5.92 Å². The number of rotatable bonds is 6. The zero-order valence-corrected chi connectivity index (χ0v) is 20.6. The summed E-state index contributed by atoms with van der Waals surface area (Å²) in [7, 11) is 3.35. The first kappa shape index (κ1) is 24.7. The van der Waals surface area contributed by atoms with Crippen molar-refractivity contribution in [3.05, 3.63) is 89.2 Å². The second-order valence-corrected chi connectivity index (χ2v) is 9.78. The number of aromatic hydroxyl groups is 1. The Kier molecular flexibility index (Phi) is 6.95. The number of alkyl halides is 2. The molecule has 0 bridgehead atoms. The molecular formula is C29H32F2N2O3. The van der Waals surface area contributed by atoms with Gasteiger partial charge in [-0.1, -0.05) is 36.4 Å². The Balaban J connectivity index is 1.45. The molecular weight excluding hydrogens is 462 g/mol. The lowest BCUT2D eigenvalue weighted by Crippen LogP contribution is -2.39. The van der Waals surface area contributed by atoms with Gasteiger partial charge in [-0.25, -0.2) is 8.78 Å². The highest BCUT2D eigenvalue weighted by molar-refractivity contribution is 5.51. The number of phenolic OH excluding ortho intramolecular Hbond substituents is 1. The third-order valence-corrected chi connectivity index (χ3v) is 7.72. The van der Waals surface area contributed by atoms with Gasteiger partial charge in [-0.15, -0.1) is 0 Å². The first-order valence-corrected chi connectivity index (χ1v) is 12.4. The smallest absolute Gasteiger partial charge is 0.274 e. The van der Waals surface area contributed by atoms with E-state index >= 15 is 8.78 Å². The highest BCUT2D eigenvalue weighted by Gasteiger charge is 2.47. The molecule has 0 saturated carbocycles. The Morgan fingerprint density at radius 2 is 1.72 bits per heavy atom. The molecule has 1 saturated heterocycles. The number of nitrogens with zero attached hydrogens (tertiary/aromatic N) is 2. The first-order valence-electron chi connectivity index (χ1n) is 12.4. The number of methoxy groups -OCH3 is 2. The number of benzene rings is 2. The zero-order valence-electron chi connectivity index (χ0n) is 20.6. The van der Waals surface area contributed by atoms with Crippen LogP contribution in [0.25, 0.3) is 0 Å². The van der Waals surface area contributed by atoms with Crippen LogP contribution >= 0.6 is 0 Å². The number of anilines is 1. The lowest BCUT2D eigenvalue weighted by molar-refractivity contribution is -0.141. The number of pyridine rings is 1. The van der Waals surface area contributed by atoms with E-state index in [1.54, 1.807) is 20.3 Å². The van der Waals surface area contributed by atoms with Gasteiger partial charge >= 0.3 is 0 Å². The minimum atomic E-state index is -3.04. The van der Waals surface area contributed by atoms with Crippen LogP contribution in [-0.4, -0.2) is 43.7 Å². The fourth-order valence-corrected chi connectivity index (χ4v) is 5.91. The van der Waals surface area contributed by atoms with E-state index in [2.05, 4.69) is 4.90 Å². The van der Waals surface area contributed by atoms with E-state index < -0.39 is 11.8 Å². The van der Waals surface area contributed by atoms with Gasteiger partial charge in [-0.05, 0) is 48.2 Å². The van der Waals surface area contributed by atoms with Crippen LogP contribution in [0.15, 0.2) is 66.9 Å². The van der Waals surface area contributed by atoms with E-state index in [0.717, 1.165) is 42.9 Å². The molecule has 2 aliphatic rings. The molecule has 0 amide bonds. The van der Waals surface area contributed by atoms with Gasteiger partial charge in [-0.2, -0.15) is 0 Å². The van der Waals surface area contributed by atoms with E-state index in [0.29, 0.717) is 11.5 Å². The molecule has 0 spiro atoms. The second-order valence-electron chi connectivity index (χ2n) is 9.78. The number of halogens is 2. The molecule has 0 unspecified atom stereocenters. The molecule has 7 heteroatoms. The highest BCUT2D eigenvalue weighted by Crippen LogP contribution is 2.54. The van der Waals surface area contributed by atoms with Gasteiger partial charge < -0.3 is 19.5 Å². The van der Waals surface area contributed by atoms with Gasteiger partial charge in [0.25, 0.3) is 5.92 Å². The summed E-state index contributed by atoms with van der Waals surface area (Å²) in [5.41, 5.74) is 3.04. The monoisotopic (exact) mass is 494 g/mol. The molecule has 1 aliphatic heterocycles. The molecule has 2 heterocycles. The van der Waals surface area contributed by atoms with E-state index in [9.17, 15) is 5.11 Å². The molecule has 2 aromatic carbocycles. The van der Waals surface area contributed by atoms with Crippen LogP contribution in [0, 0.1) is 5.92 Å². The maximum Gasteiger partial charge on any atom is 0.274 e. The van der Waals surface area contributed by atoms with Crippen molar-refractivity contribution in [3.63, 3.8) is 0 Å². The molecule has 0 radical (unpaired) electrons. The third kappa shape index (κ3) is 4.70. The molecule has 190 valence electrons. The SMILES string of the molecule is COC(OC)C1CCN(c2ccc([C@H]3c4ccc(O)cc4C(F)(F)C[C@H]3c3ccccc3)nc2)CC1. The van der Waals surface area contributed by atoms with E-state index in [1.807, 2.05) is 48.7 Å². The number of ether oxygens (including phenoxy) is 2. The highest BCUT2D eigenvalue weighted by atomic mass is 19.3. The minimum absolute atomic E-state index is 0.113. The summed E-state index contributed by atoms with van der Waals surface area (Å²) in [6.07, 6.45) is 3.24. The Hall–Kier alpha value is -3.03. The van der Waals surface area contributed by atoms with Gasteiger partial charge in [0.1, 0.15) is 5.75 Å². The minimum Gasteiger partial charge on any atom is -0.508 e. The molecule has 1 N–H and O–H groups in total. The quantitative estimate of drug-likeness (QED) is 0.424. The average molecular weight is 495 g/mol. The number of phenols is 1. The van der Waals surface area contributed by atoms with Crippen LogP contribution in [0.1, 0.15) is 53.5 Å². The van der Waals surface area contributed by atoms with Crippen molar-refractivity contribution < 1.29 is 23.4 Å². The second kappa shape index (κ2) is 10.1. The molecule has 2 atom stereocenters. The van der Waals surface area contributed by atoms with Crippen LogP contribution < -0.4 is 4.90 Å². The van der Waals surface area contributed by atoms with Gasteiger partial charge in [0.15, 0.2) is 6.29 Å². The summed E-state index contributed by atoms with van der Waals surface area (Å²) in [6.45, 7) is 1.75. The zero-order chi connectivity index (χ0) is 25.3. The van der Waals surface area contributed by atoms with Crippen molar-refractivity contribution in [2.45, 2.75) is 43.3 Å². The molecule has 5 nitrogen and oxygen atoms in total. The molecule has 1 aliphatic carbocycles. The largest absolute Gasteiger partial charge is 0.508 e. The number of hydrogen-bond acceptors (Lipinski definition) is 5. The van der Waals surface area contributed by atoms with Crippen molar-refractivity contribution in [1.82, 2.24) is 4.98 Å². The molecule has 1 fully saturated rings. The molecule has 3 aromatic rings. The fraction of sp³-hybridized carbons (Fsp3) is 0.414. The summed E-state index contributed by atoms with van der Waals surface area (Å²) < 4.78 is 41.5. The standard InChI is InChI=1S/C29H32F2N2O3/c1-35-28(36-2)20-12-14-33(15-13-20)21-8-11-26(32-18-21)27-23-10-9-22(34)16-25(23)29(30,31)17-24(27)19-6-4-3-5-7-19/h3-11,16,18,20,24,27-28,34H,12-15,17H2,1-2H3/t24-,27-/m0/s1. The van der Waals surface area contributed by atoms with Crippen molar-refractivity contribution in [2.75, 3.05) is 32.2 Å². The maximum absolute atomic E-state index is 15.3. The van der Waals surface area contributed by atoms with E-state index in [1.165, 1.54) is 12.1 Å². The van der Waals surface area contributed by atoms with Crippen LogP contribution in [0.4, 0.5) is 14.5 Å². The molecule has 5 rings (SSSR count). The fourth-order valence-electron chi connectivity index (χ4n) is 5.91. The third-order valence-electron chi connectivity index (χ3n) is 7.72. The molecule has 36 heavy (non-hydrogen) atoms. The number of hydrogen-bond donors (Lipinski definition) is 1. The molecule has 1 aromatic heterocycles. The topological polar surface area (TPSA) is 54.8 Å². The summed E-state index contributed by atoms with van der Waals surface area (Å²) in [5.74, 6) is -3.62. The van der Waals surface area contributed by atoms with Gasteiger partial charge in [0, 0.05) is 62.7 Å². The lowest BCUT2D eigenvalue weighted by Gasteiger charge is -2.38. The Bertz CT molecular complexity index is 1160. The van der Waals surface area contributed by atoms with Crippen LogP contribution in [0.5, 0.6) is 5.75 Å². The summed E-state index contributed by atoms with van der Waals surface area (Å²) >= 11 is 0. The van der Waals surface area contributed by atoms with Crippen molar-refractivity contribution in [3.8, 4) is 5.75 Å². The summed E-state index contributed by atoms with van der Waals surface area (Å²) in [4.78, 5) is 7.11. The summed E-state index contributed by atoms with van der Waals surface area (Å²) in [6, 6.07) is 17.8. The maximum atomic E-state index is 15.3. The van der Waals surface area contributed by atoms with Crippen LogP contribution in [0.3, 0.4) is 0 Å². The number of piperidine rings is 1. The normalized spacial score (nSPS) is 22.0. The number of aromatic nitrogens is 1. The van der Waals surface area contributed by atoms with E-state index in [4.69, 9.17) is 14.5 Å². The average Bonchev–Trinajstić information content (AvgIpc) is 2.90. The predicted octanol–water partition coefficient (Wildman–Crippen LogP) is 6.03. The predicted molar refractivity (Wildman–Crippen MR) is 135 cm³/mol. The van der Waals surface area contributed by atoms with Gasteiger partial charge in [0.2, 0.25) is 0 Å². The van der Waals surface area contributed by atoms with Crippen LogP contribution in [0.2, 0.25) is 0 Å².